The van der Waals surface area contributed by atoms with E-state index in [4.69, 9.17) is 4.74 Å². The highest BCUT2D eigenvalue weighted by atomic mass is 19.4. The summed E-state index contributed by atoms with van der Waals surface area (Å²) in [5.74, 6) is -1.31. The Morgan fingerprint density at radius 3 is 2.44 bits per heavy atom. The lowest BCUT2D eigenvalue weighted by molar-refractivity contribution is -0.137. The first-order valence-electron chi connectivity index (χ1n) is 9.75. The van der Waals surface area contributed by atoms with Gasteiger partial charge in [0.1, 0.15) is 6.33 Å². The molecule has 0 aliphatic carbocycles. The predicted molar refractivity (Wildman–Crippen MR) is 111 cm³/mol. The maximum absolute atomic E-state index is 13.1. The molecule has 0 unspecified atom stereocenters. The standard InChI is InChI=1S/C24H17F3N2O3/c1-2-32-23(31)18-12-21(22(30)16-9-6-10-17(11-16)24(25,26)27)29-14-28-19(13-20(18)29)15-7-4-3-5-8-15/h3-14H,2H2,1H3. The number of carbonyl (C=O) groups excluding carboxylic acids is 2. The highest BCUT2D eigenvalue weighted by Crippen LogP contribution is 2.31. The molecule has 32 heavy (non-hydrogen) atoms. The lowest BCUT2D eigenvalue weighted by Crippen LogP contribution is -2.09. The van der Waals surface area contributed by atoms with Crippen LogP contribution in [0.3, 0.4) is 0 Å². The van der Waals surface area contributed by atoms with Crippen LogP contribution in [0.15, 0.2) is 73.1 Å². The Balaban J connectivity index is 1.86. The number of ether oxygens (including phenoxy) is 1. The van der Waals surface area contributed by atoms with Gasteiger partial charge in [-0.2, -0.15) is 13.2 Å². The van der Waals surface area contributed by atoms with Gasteiger partial charge in [0.05, 0.1) is 34.6 Å². The number of carbonyl (C=O) groups is 2. The highest BCUT2D eigenvalue weighted by Gasteiger charge is 2.31. The number of alkyl halides is 3. The Kier molecular flexibility index (Phi) is 5.52. The number of fused-ring (bicyclic) bond motifs is 1. The van der Waals surface area contributed by atoms with Crippen LogP contribution in [0.1, 0.15) is 38.9 Å². The number of rotatable bonds is 5. The SMILES string of the molecule is CCOC(=O)c1cc(C(=O)c2cccc(C(F)(F)F)c2)n2cnc(-c3ccccc3)cc12. The minimum atomic E-state index is -4.58. The van der Waals surface area contributed by atoms with Crippen molar-refractivity contribution in [1.82, 2.24) is 9.38 Å². The summed E-state index contributed by atoms with van der Waals surface area (Å²) in [6, 6.07) is 16.4. The Hall–Kier alpha value is -3.94. The topological polar surface area (TPSA) is 60.7 Å². The third-order valence-electron chi connectivity index (χ3n) is 4.91. The smallest absolute Gasteiger partial charge is 0.416 e. The molecule has 0 aliphatic heterocycles. The van der Waals surface area contributed by atoms with Crippen molar-refractivity contribution >= 4 is 17.3 Å². The first-order chi connectivity index (χ1) is 15.3. The van der Waals surface area contributed by atoms with Gasteiger partial charge in [-0.1, -0.05) is 42.5 Å². The Labute approximate surface area is 181 Å². The Bertz CT molecular complexity index is 1310. The minimum absolute atomic E-state index is 0.00879. The van der Waals surface area contributed by atoms with Crippen LogP contribution in [0, 0.1) is 0 Å². The molecule has 0 amide bonds. The van der Waals surface area contributed by atoms with Crippen molar-refractivity contribution in [3.05, 3.63) is 95.4 Å². The molecule has 5 nitrogen and oxygen atoms in total. The minimum Gasteiger partial charge on any atom is -0.462 e. The lowest BCUT2D eigenvalue weighted by atomic mass is 10.0. The van der Waals surface area contributed by atoms with E-state index >= 15 is 0 Å². The predicted octanol–water partition coefficient (Wildman–Crippen LogP) is 5.43. The summed E-state index contributed by atoms with van der Waals surface area (Å²) in [4.78, 5) is 30.0. The van der Waals surface area contributed by atoms with Crippen LogP contribution >= 0.6 is 0 Å². The van der Waals surface area contributed by atoms with E-state index in [0.717, 1.165) is 17.7 Å². The van der Waals surface area contributed by atoms with Gasteiger partial charge in [0, 0.05) is 11.1 Å². The average molecular weight is 438 g/mol. The molecule has 2 heterocycles. The average Bonchev–Trinajstić information content (AvgIpc) is 3.18. The zero-order valence-electron chi connectivity index (χ0n) is 16.9. The van der Waals surface area contributed by atoms with E-state index in [1.165, 1.54) is 28.9 Å². The number of aromatic nitrogens is 2. The van der Waals surface area contributed by atoms with Gasteiger partial charge in [0.2, 0.25) is 5.78 Å². The van der Waals surface area contributed by atoms with Gasteiger partial charge in [-0.3, -0.25) is 9.20 Å². The van der Waals surface area contributed by atoms with Crippen molar-refractivity contribution in [2.75, 3.05) is 6.61 Å². The van der Waals surface area contributed by atoms with Gasteiger partial charge in [-0.05, 0) is 31.2 Å². The molecule has 0 saturated heterocycles. The van der Waals surface area contributed by atoms with E-state index in [1.54, 1.807) is 13.0 Å². The molecule has 8 heteroatoms. The van der Waals surface area contributed by atoms with Crippen molar-refractivity contribution in [2.45, 2.75) is 13.1 Å². The van der Waals surface area contributed by atoms with Crippen molar-refractivity contribution in [3.8, 4) is 11.3 Å². The molecular formula is C24H17F3N2O3. The van der Waals surface area contributed by atoms with Gasteiger partial charge in [-0.15, -0.1) is 0 Å². The molecule has 2 aromatic carbocycles. The maximum Gasteiger partial charge on any atom is 0.416 e. The molecule has 4 rings (SSSR count). The summed E-state index contributed by atoms with van der Waals surface area (Å²) in [5.41, 5.74) is 0.793. The molecule has 0 fully saturated rings. The summed E-state index contributed by atoms with van der Waals surface area (Å²) in [6.07, 6.45) is -3.21. The summed E-state index contributed by atoms with van der Waals surface area (Å²) >= 11 is 0. The fourth-order valence-electron chi connectivity index (χ4n) is 3.40. The second kappa shape index (κ2) is 8.30. The lowest BCUT2D eigenvalue weighted by Gasteiger charge is -2.08. The van der Waals surface area contributed by atoms with E-state index in [-0.39, 0.29) is 23.4 Å². The normalized spacial score (nSPS) is 11.5. The summed E-state index contributed by atoms with van der Waals surface area (Å²) in [6.45, 7) is 1.78. The summed E-state index contributed by atoms with van der Waals surface area (Å²) < 4.78 is 45.8. The number of hydrogen-bond donors (Lipinski definition) is 0. The molecule has 4 aromatic rings. The van der Waals surface area contributed by atoms with Crippen LogP contribution in [0.2, 0.25) is 0 Å². The van der Waals surface area contributed by atoms with Crippen LogP contribution in [0.5, 0.6) is 0 Å². The van der Waals surface area contributed by atoms with Crippen molar-refractivity contribution in [1.29, 1.82) is 0 Å². The third-order valence-corrected chi connectivity index (χ3v) is 4.91. The molecule has 162 valence electrons. The molecule has 0 N–H and O–H groups in total. The van der Waals surface area contributed by atoms with E-state index < -0.39 is 23.5 Å². The van der Waals surface area contributed by atoms with Crippen molar-refractivity contribution in [2.24, 2.45) is 0 Å². The monoisotopic (exact) mass is 438 g/mol. The Morgan fingerprint density at radius 1 is 1.00 bits per heavy atom. The van der Waals surface area contributed by atoms with E-state index in [2.05, 4.69) is 4.98 Å². The zero-order valence-corrected chi connectivity index (χ0v) is 16.9. The highest BCUT2D eigenvalue weighted by molar-refractivity contribution is 6.11. The van der Waals surface area contributed by atoms with E-state index in [0.29, 0.717) is 11.2 Å². The van der Waals surface area contributed by atoms with Gasteiger partial charge in [0.25, 0.3) is 0 Å². The molecule has 0 spiro atoms. The van der Waals surface area contributed by atoms with Gasteiger partial charge >= 0.3 is 12.1 Å². The number of ketones is 1. The van der Waals surface area contributed by atoms with Crippen molar-refractivity contribution < 1.29 is 27.5 Å². The first kappa shape index (κ1) is 21.3. The molecule has 0 saturated carbocycles. The fraction of sp³-hybridized carbons (Fsp3) is 0.125. The van der Waals surface area contributed by atoms with Crippen LogP contribution in [0.25, 0.3) is 16.8 Å². The van der Waals surface area contributed by atoms with Gasteiger partial charge in [-0.25, -0.2) is 9.78 Å². The van der Waals surface area contributed by atoms with Gasteiger partial charge in [0.15, 0.2) is 0 Å². The summed E-state index contributed by atoms with van der Waals surface area (Å²) in [5, 5.41) is 0. The van der Waals surface area contributed by atoms with Crippen LogP contribution < -0.4 is 0 Å². The largest absolute Gasteiger partial charge is 0.462 e. The zero-order chi connectivity index (χ0) is 22.9. The second-order valence-electron chi connectivity index (χ2n) is 6.97. The molecule has 0 radical (unpaired) electrons. The molecule has 0 aliphatic rings. The first-order valence-corrected chi connectivity index (χ1v) is 9.75. The molecule has 0 atom stereocenters. The Morgan fingerprint density at radius 2 is 1.75 bits per heavy atom. The number of benzene rings is 2. The molecule has 2 aromatic heterocycles. The third kappa shape index (κ3) is 3.99. The summed E-state index contributed by atoms with van der Waals surface area (Å²) in [7, 11) is 0. The maximum atomic E-state index is 13.1. The van der Waals surface area contributed by atoms with Crippen LogP contribution in [-0.2, 0) is 10.9 Å². The number of halogens is 3. The van der Waals surface area contributed by atoms with Crippen LogP contribution in [-0.4, -0.2) is 27.7 Å². The number of esters is 1. The van der Waals surface area contributed by atoms with Crippen LogP contribution in [0.4, 0.5) is 13.2 Å². The fourth-order valence-corrected chi connectivity index (χ4v) is 3.40. The molecule has 0 bridgehead atoms. The number of nitrogens with zero attached hydrogens (tertiary/aromatic N) is 2. The second-order valence-corrected chi connectivity index (χ2v) is 6.97. The molecular weight excluding hydrogens is 421 g/mol. The van der Waals surface area contributed by atoms with E-state index in [9.17, 15) is 22.8 Å². The van der Waals surface area contributed by atoms with Crippen molar-refractivity contribution in [3.63, 3.8) is 0 Å². The van der Waals surface area contributed by atoms with Gasteiger partial charge < -0.3 is 4.74 Å². The number of hydrogen-bond acceptors (Lipinski definition) is 4. The van der Waals surface area contributed by atoms with E-state index in [1.807, 2.05) is 30.3 Å². The quantitative estimate of drug-likeness (QED) is 0.308.